The Morgan fingerprint density at radius 1 is 1.37 bits per heavy atom. The molecule has 0 amide bonds. The van der Waals surface area contributed by atoms with Crippen molar-refractivity contribution in [1.82, 2.24) is 15.1 Å². The third-order valence-corrected chi connectivity index (χ3v) is 4.39. The van der Waals surface area contributed by atoms with Gasteiger partial charge in [0.15, 0.2) is 0 Å². The summed E-state index contributed by atoms with van der Waals surface area (Å²) in [6.45, 7) is 8.78. The van der Waals surface area contributed by atoms with Crippen LogP contribution >= 0.6 is 0 Å². The molecular formula is C16H29N3. The minimum absolute atomic E-state index is 0.465. The van der Waals surface area contributed by atoms with E-state index in [0.717, 1.165) is 31.3 Å². The molecule has 1 heterocycles. The summed E-state index contributed by atoms with van der Waals surface area (Å²) in [5.74, 6) is 1.67. The maximum atomic E-state index is 4.72. The second kappa shape index (κ2) is 7.09. The quantitative estimate of drug-likeness (QED) is 0.817. The monoisotopic (exact) mass is 263 g/mol. The minimum atomic E-state index is 0.465. The summed E-state index contributed by atoms with van der Waals surface area (Å²) in [5.41, 5.74) is 1.27. The second-order valence-corrected chi connectivity index (χ2v) is 6.20. The number of hydrogen-bond acceptors (Lipinski definition) is 2. The summed E-state index contributed by atoms with van der Waals surface area (Å²) in [6.07, 6.45) is 8.94. The van der Waals surface area contributed by atoms with E-state index in [1.807, 2.05) is 0 Å². The third-order valence-electron chi connectivity index (χ3n) is 4.39. The maximum Gasteiger partial charge on any atom is 0.0628 e. The molecule has 1 aliphatic rings. The molecule has 1 atom stereocenters. The zero-order valence-electron chi connectivity index (χ0n) is 12.7. The van der Waals surface area contributed by atoms with Crippen molar-refractivity contribution in [2.75, 3.05) is 13.1 Å². The largest absolute Gasteiger partial charge is 0.317 e. The van der Waals surface area contributed by atoms with Gasteiger partial charge in [0.25, 0.3) is 0 Å². The summed E-state index contributed by atoms with van der Waals surface area (Å²) >= 11 is 0. The molecule has 108 valence electrons. The van der Waals surface area contributed by atoms with Crippen LogP contribution in [0.2, 0.25) is 0 Å². The highest BCUT2D eigenvalue weighted by molar-refractivity contribution is 5.02. The van der Waals surface area contributed by atoms with Gasteiger partial charge in [0.1, 0.15) is 0 Å². The molecule has 1 fully saturated rings. The molecule has 0 radical (unpaired) electrons. The Morgan fingerprint density at radius 3 is 2.68 bits per heavy atom. The maximum absolute atomic E-state index is 4.72. The lowest BCUT2D eigenvalue weighted by atomic mass is 9.87. The molecule has 1 N–H and O–H groups in total. The zero-order chi connectivity index (χ0) is 13.7. The van der Waals surface area contributed by atoms with Crippen molar-refractivity contribution in [2.45, 2.75) is 58.9 Å². The van der Waals surface area contributed by atoms with Gasteiger partial charge in [0, 0.05) is 12.2 Å². The number of aromatic nitrogens is 2. The summed E-state index contributed by atoms with van der Waals surface area (Å²) in [7, 11) is 0. The highest BCUT2D eigenvalue weighted by atomic mass is 15.3. The molecule has 2 rings (SSSR count). The summed E-state index contributed by atoms with van der Waals surface area (Å²) in [5, 5.41) is 8.26. The second-order valence-electron chi connectivity index (χ2n) is 6.20. The standard InChI is InChI=1S/C16H29N3/c1-4-17-12-15(14-7-5-6-8-14)11-16-9-10-19(18-16)13(2)3/h9-10,13-15,17H,4-8,11-12H2,1-3H3. The van der Waals surface area contributed by atoms with E-state index in [1.54, 1.807) is 0 Å². The summed E-state index contributed by atoms with van der Waals surface area (Å²) in [6, 6.07) is 2.67. The Morgan fingerprint density at radius 2 is 2.11 bits per heavy atom. The molecule has 0 spiro atoms. The molecule has 0 aliphatic heterocycles. The highest BCUT2D eigenvalue weighted by Crippen LogP contribution is 2.32. The molecule has 1 aliphatic carbocycles. The number of rotatable bonds is 7. The topological polar surface area (TPSA) is 29.9 Å². The highest BCUT2D eigenvalue weighted by Gasteiger charge is 2.25. The summed E-state index contributed by atoms with van der Waals surface area (Å²) in [4.78, 5) is 0. The van der Waals surface area contributed by atoms with Crippen molar-refractivity contribution in [1.29, 1.82) is 0 Å². The van der Waals surface area contributed by atoms with Gasteiger partial charge < -0.3 is 5.32 Å². The van der Waals surface area contributed by atoms with E-state index < -0.39 is 0 Å². The predicted octanol–water partition coefficient (Wildman–Crippen LogP) is 3.42. The number of hydrogen-bond donors (Lipinski definition) is 1. The average Bonchev–Trinajstić information content (AvgIpc) is 3.05. The molecular weight excluding hydrogens is 234 g/mol. The Kier molecular flexibility index (Phi) is 5.44. The van der Waals surface area contributed by atoms with E-state index in [4.69, 9.17) is 5.10 Å². The van der Waals surface area contributed by atoms with Crippen molar-refractivity contribution < 1.29 is 0 Å². The van der Waals surface area contributed by atoms with Crippen LogP contribution in [0.25, 0.3) is 0 Å². The molecule has 1 aromatic rings. The lowest BCUT2D eigenvalue weighted by Crippen LogP contribution is -2.29. The first-order valence-electron chi connectivity index (χ1n) is 7.95. The van der Waals surface area contributed by atoms with Gasteiger partial charge >= 0.3 is 0 Å². The predicted molar refractivity (Wildman–Crippen MR) is 80.3 cm³/mol. The van der Waals surface area contributed by atoms with Gasteiger partial charge in [0.05, 0.1) is 5.69 Å². The SMILES string of the molecule is CCNCC(Cc1ccn(C(C)C)n1)C1CCCC1. The van der Waals surface area contributed by atoms with Crippen molar-refractivity contribution in [3.05, 3.63) is 18.0 Å². The van der Waals surface area contributed by atoms with Crippen molar-refractivity contribution in [3.63, 3.8) is 0 Å². The first-order valence-corrected chi connectivity index (χ1v) is 7.95. The van der Waals surface area contributed by atoms with Crippen LogP contribution in [0.15, 0.2) is 12.3 Å². The average molecular weight is 263 g/mol. The van der Waals surface area contributed by atoms with Crippen LogP contribution in [-0.2, 0) is 6.42 Å². The Bertz CT molecular complexity index is 364. The number of nitrogens with zero attached hydrogens (tertiary/aromatic N) is 2. The van der Waals surface area contributed by atoms with Crippen LogP contribution in [0.1, 0.15) is 58.2 Å². The van der Waals surface area contributed by atoms with Gasteiger partial charge in [-0.3, -0.25) is 4.68 Å². The van der Waals surface area contributed by atoms with Gasteiger partial charge in [-0.05, 0) is 51.3 Å². The van der Waals surface area contributed by atoms with E-state index >= 15 is 0 Å². The molecule has 0 saturated heterocycles. The fourth-order valence-corrected chi connectivity index (χ4v) is 3.21. The Labute approximate surface area is 117 Å². The minimum Gasteiger partial charge on any atom is -0.317 e. The molecule has 1 saturated carbocycles. The lowest BCUT2D eigenvalue weighted by molar-refractivity contribution is 0.319. The first-order chi connectivity index (χ1) is 9.20. The fourth-order valence-electron chi connectivity index (χ4n) is 3.21. The van der Waals surface area contributed by atoms with E-state index in [-0.39, 0.29) is 0 Å². The summed E-state index contributed by atoms with van der Waals surface area (Å²) < 4.78 is 2.08. The molecule has 19 heavy (non-hydrogen) atoms. The van der Waals surface area contributed by atoms with Crippen LogP contribution in [0.3, 0.4) is 0 Å². The normalized spacial score (nSPS) is 18.3. The van der Waals surface area contributed by atoms with Crippen molar-refractivity contribution in [2.24, 2.45) is 11.8 Å². The molecule has 1 unspecified atom stereocenters. The molecule has 3 nitrogen and oxygen atoms in total. The molecule has 0 bridgehead atoms. The van der Waals surface area contributed by atoms with E-state index in [0.29, 0.717) is 6.04 Å². The fraction of sp³-hybridized carbons (Fsp3) is 0.812. The van der Waals surface area contributed by atoms with Gasteiger partial charge in [-0.2, -0.15) is 5.10 Å². The number of nitrogens with one attached hydrogen (secondary N) is 1. The molecule has 3 heteroatoms. The van der Waals surface area contributed by atoms with Crippen LogP contribution in [0.4, 0.5) is 0 Å². The zero-order valence-corrected chi connectivity index (χ0v) is 12.7. The van der Waals surface area contributed by atoms with Gasteiger partial charge in [-0.15, -0.1) is 0 Å². The van der Waals surface area contributed by atoms with Gasteiger partial charge in [-0.25, -0.2) is 0 Å². The van der Waals surface area contributed by atoms with E-state index in [2.05, 4.69) is 43.0 Å². The Hall–Kier alpha value is -0.830. The van der Waals surface area contributed by atoms with Crippen molar-refractivity contribution in [3.8, 4) is 0 Å². The van der Waals surface area contributed by atoms with Crippen LogP contribution < -0.4 is 5.32 Å². The van der Waals surface area contributed by atoms with Gasteiger partial charge in [0.2, 0.25) is 0 Å². The molecule has 0 aromatic carbocycles. The van der Waals surface area contributed by atoms with Crippen LogP contribution in [-0.4, -0.2) is 22.9 Å². The van der Waals surface area contributed by atoms with E-state index in [9.17, 15) is 0 Å². The Balaban J connectivity index is 1.97. The molecule has 1 aromatic heterocycles. The smallest absolute Gasteiger partial charge is 0.0628 e. The first kappa shape index (κ1) is 14.6. The van der Waals surface area contributed by atoms with Crippen LogP contribution in [0.5, 0.6) is 0 Å². The van der Waals surface area contributed by atoms with Crippen LogP contribution in [0, 0.1) is 11.8 Å². The van der Waals surface area contributed by atoms with Crippen molar-refractivity contribution >= 4 is 0 Å². The third kappa shape index (κ3) is 4.07. The lowest BCUT2D eigenvalue weighted by Gasteiger charge is -2.23. The van der Waals surface area contributed by atoms with E-state index in [1.165, 1.54) is 31.4 Å². The van der Waals surface area contributed by atoms with Gasteiger partial charge in [-0.1, -0.05) is 32.6 Å².